The molecular weight excluding hydrogens is 288 g/mol. The van der Waals surface area contributed by atoms with Gasteiger partial charge in [0.2, 0.25) is 0 Å². The number of fused-ring (bicyclic) bond motifs is 1. The Morgan fingerprint density at radius 1 is 1.26 bits per heavy atom. The van der Waals surface area contributed by atoms with Gasteiger partial charge in [0.05, 0.1) is 5.56 Å². The molecule has 0 fully saturated rings. The Kier molecular flexibility index (Phi) is 4.42. The van der Waals surface area contributed by atoms with E-state index in [1.54, 1.807) is 16.7 Å². The van der Waals surface area contributed by atoms with Crippen LogP contribution in [0.25, 0.3) is 11.1 Å². The summed E-state index contributed by atoms with van der Waals surface area (Å²) in [5, 5.41) is 2.86. The third-order valence-electron chi connectivity index (χ3n) is 4.18. The van der Waals surface area contributed by atoms with Gasteiger partial charge in [-0.15, -0.1) is 6.58 Å². The van der Waals surface area contributed by atoms with E-state index >= 15 is 0 Å². The lowest BCUT2D eigenvalue weighted by Gasteiger charge is -2.23. The zero-order valence-corrected chi connectivity index (χ0v) is 13.0. The number of hydrogen-bond acceptors (Lipinski definition) is 2. The minimum absolute atomic E-state index is 0.0289. The van der Waals surface area contributed by atoms with Crippen LogP contribution in [0.2, 0.25) is 0 Å². The first-order valence-electron chi connectivity index (χ1n) is 7.93. The van der Waals surface area contributed by atoms with Crippen molar-refractivity contribution in [1.29, 1.82) is 0 Å². The fourth-order valence-corrected chi connectivity index (χ4v) is 3.12. The molecule has 4 nitrogen and oxygen atoms in total. The van der Waals surface area contributed by atoms with E-state index in [0.717, 1.165) is 30.5 Å². The van der Waals surface area contributed by atoms with Crippen molar-refractivity contribution in [2.75, 3.05) is 6.54 Å². The average molecular weight is 308 g/mol. The number of hydrogen-bond donors (Lipinski definition) is 1. The van der Waals surface area contributed by atoms with Gasteiger partial charge in [-0.25, -0.2) is 0 Å². The Hall–Kier alpha value is -2.62. The van der Waals surface area contributed by atoms with E-state index in [2.05, 4.69) is 11.9 Å². The number of carbonyl (C=O) groups excluding carboxylic acids is 1. The summed E-state index contributed by atoms with van der Waals surface area (Å²) in [6.45, 7) is 4.73. The van der Waals surface area contributed by atoms with E-state index in [-0.39, 0.29) is 11.5 Å². The lowest BCUT2D eigenvalue weighted by atomic mass is 9.94. The number of aromatic nitrogens is 1. The van der Waals surface area contributed by atoms with E-state index in [4.69, 9.17) is 0 Å². The SMILES string of the molecule is C=CCNC(=O)c1c(-c2ccccc2)cc(=O)n2c1CCCC2. The molecule has 0 atom stereocenters. The molecule has 0 saturated carbocycles. The van der Waals surface area contributed by atoms with Gasteiger partial charge in [-0.2, -0.15) is 0 Å². The van der Waals surface area contributed by atoms with Crippen molar-refractivity contribution in [3.8, 4) is 11.1 Å². The molecule has 1 N–H and O–H groups in total. The highest BCUT2D eigenvalue weighted by atomic mass is 16.2. The molecule has 0 aliphatic carbocycles. The van der Waals surface area contributed by atoms with Crippen LogP contribution in [0.4, 0.5) is 0 Å². The second kappa shape index (κ2) is 6.65. The second-order valence-electron chi connectivity index (χ2n) is 5.69. The largest absolute Gasteiger partial charge is 0.349 e. The zero-order valence-electron chi connectivity index (χ0n) is 13.0. The molecule has 23 heavy (non-hydrogen) atoms. The number of rotatable bonds is 4. The Morgan fingerprint density at radius 3 is 2.78 bits per heavy atom. The van der Waals surface area contributed by atoms with Crippen LogP contribution >= 0.6 is 0 Å². The maximum Gasteiger partial charge on any atom is 0.253 e. The maximum atomic E-state index is 12.7. The molecule has 1 amide bonds. The van der Waals surface area contributed by atoms with Crippen molar-refractivity contribution in [3.63, 3.8) is 0 Å². The lowest BCUT2D eigenvalue weighted by molar-refractivity contribution is 0.0956. The van der Waals surface area contributed by atoms with E-state index in [9.17, 15) is 9.59 Å². The van der Waals surface area contributed by atoms with Crippen LogP contribution in [0.5, 0.6) is 0 Å². The van der Waals surface area contributed by atoms with Crippen molar-refractivity contribution < 1.29 is 4.79 Å². The fraction of sp³-hybridized carbons (Fsp3) is 0.263. The molecule has 2 heterocycles. The molecule has 0 spiro atoms. The summed E-state index contributed by atoms with van der Waals surface area (Å²) < 4.78 is 1.75. The molecule has 118 valence electrons. The molecule has 0 radical (unpaired) electrons. The van der Waals surface area contributed by atoms with Crippen LogP contribution in [0, 0.1) is 0 Å². The molecule has 0 unspecified atom stereocenters. The summed E-state index contributed by atoms with van der Waals surface area (Å²) in [5.41, 5.74) is 3.05. The van der Waals surface area contributed by atoms with E-state index in [1.807, 2.05) is 30.3 Å². The first-order valence-corrected chi connectivity index (χ1v) is 7.93. The Morgan fingerprint density at radius 2 is 2.04 bits per heavy atom. The van der Waals surface area contributed by atoms with Crippen molar-refractivity contribution in [3.05, 3.63) is 70.7 Å². The van der Waals surface area contributed by atoms with Gasteiger partial charge in [0.25, 0.3) is 11.5 Å². The second-order valence-corrected chi connectivity index (χ2v) is 5.69. The number of nitrogens with zero attached hydrogens (tertiary/aromatic N) is 1. The standard InChI is InChI=1S/C19H20N2O2/c1-2-11-20-19(23)18-15(14-8-4-3-5-9-14)13-17(22)21-12-7-6-10-16(18)21/h2-5,8-9,13H,1,6-7,10-12H2,(H,20,23). The molecule has 0 bridgehead atoms. The van der Waals surface area contributed by atoms with E-state index in [0.29, 0.717) is 24.2 Å². The first kappa shape index (κ1) is 15.3. The van der Waals surface area contributed by atoms with Gasteiger partial charge >= 0.3 is 0 Å². The average Bonchev–Trinajstić information content (AvgIpc) is 2.60. The smallest absolute Gasteiger partial charge is 0.253 e. The Bertz CT molecular complexity index is 791. The van der Waals surface area contributed by atoms with Gasteiger partial charge in [0.15, 0.2) is 0 Å². The molecule has 1 aromatic heterocycles. The molecule has 1 aliphatic rings. The maximum absolute atomic E-state index is 12.7. The van der Waals surface area contributed by atoms with Crippen LogP contribution in [0.3, 0.4) is 0 Å². The normalized spacial score (nSPS) is 13.2. The van der Waals surface area contributed by atoms with Gasteiger partial charge in [0, 0.05) is 30.4 Å². The molecule has 3 rings (SSSR count). The predicted molar refractivity (Wildman–Crippen MR) is 91.6 cm³/mol. The lowest BCUT2D eigenvalue weighted by Crippen LogP contribution is -2.33. The summed E-state index contributed by atoms with van der Waals surface area (Å²) in [7, 11) is 0. The van der Waals surface area contributed by atoms with Crippen LogP contribution in [0.15, 0.2) is 53.8 Å². The molecular formula is C19H20N2O2. The number of benzene rings is 1. The highest BCUT2D eigenvalue weighted by molar-refractivity contribution is 6.02. The molecule has 4 heteroatoms. The fourth-order valence-electron chi connectivity index (χ4n) is 3.12. The Balaban J connectivity index is 2.22. The van der Waals surface area contributed by atoms with E-state index in [1.165, 1.54) is 0 Å². The predicted octanol–water partition coefficient (Wildman–Crippen LogP) is 2.77. The van der Waals surface area contributed by atoms with E-state index < -0.39 is 0 Å². The highest BCUT2D eigenvalue weighted by Crippen LogP contribution is 2.27. The molecule has 0 saturated heterocycles. The summed E-state index contributed by atoms with van der Waals surface area (Å²) >= 11 is 0. The van der Waals surface area contributed by atoms with Crippen LogP contribution in [-0.2, 0) is 13.0 Å². The van der Waals surface area contributed by atoms with Gasteiger partial charge < -0.3 is 9.88 Å². The monoisotopic (exact) mass is 308 g/mol. The van der Waals surface area contributed by atoms with Gasteiger partial charge in [-0.3, -0.25) is 9.59 Å². The van der Waals surface area contributed by atoms with Gasteiger partial charge in [-0.05, 0) is 24.8 Å². The van der Waals surface area contributed by atoms with Crippen LogP contribution < -0.4 is 10.9 Å². The summed E-state index contributed by atoms with van der Waals surface area (Å²) in [6.07, 6.45) is 4.39. The molecule has 1 aromatic carbocycles. The Labute approximate surface area is 135 Å². The number of carbonyl (C=O) groups is 1. The summed E-state index contributed by atoms with van der Waals surface area (Å²) in [6, 6.07) is 11.2. The van der Waals surface area contributed by atoms with Gasteiger partial charge in [-0.1, -0.05) is 36.4 Å². The van der Waals surface area contributed by atoms with Crippen LogP contribution in [0.1, 0.15) is 28.9 Å². The third-order valence-corrected chi connectivity index (χ3v) is 4.18. The van der Waals surface area contributed by atoms with Crippen molar-refractivity contribution in [2.24, 2.45) is 0 Å². The quantitative estimate of drug-likeness (QED) is 0.883. The van der Waals surface area contributed by atoms with Gasteiger partial charge in [0.1, 0.15) is 0 Å². The zero-order chi connectivity index (χ0) is 16.2. The number of nitrogens with one attached hydrogen (secondary N) is 1. The summed E-state index contributed by atoms with van der Waals surface area (Å²) in [5.74, 6) is -0.144. The number of amides is 1. The topological polar surface area (TPSA) is 51.1 Å². The highest BCUT2D eigenvalue weighted by Gasteiger charge is 2.23. The van der Waals surface area contributed by atoms with Crippen molar-refractivity contribution in [1.82, 2.24) is 9.88 Å². The number of pyridine rings is 1. The minimum Gasteiger partial charge on any atom is -0.349 e. The molecule has 1 aliphatic heterocycles. The van der Waals surface area contributed by atoms with Crippen molar-refractivity contribution >= 4 is 5.91 Å². The summed E-state index contributed by atoms with van der Waals surface area (Å²) in [4.78, 5) is 25.2. The van der Waals surface area contributed by atoms with Crippen LogP contribution in [-0.4, -0.2) is 17.0 Å². The first-order chi connectivity index (χ1) is 11.2. The third kappa shape index (κ3) is 2.97. The minimum atomic E-state index is -0.144. The van der Waals surface area contributed by atoms with Crippen molar-refractivity contribution in [2.45, 2.75) is 25.8 Å². The molecule has 2 aromatic rings.